The monoisotopic (exact) mass is 298 g/mol. The molecule has 1 aliphatic carbocycles. The number of aliphatic hydroxyl groups is 2. The Morgan fingerprint density at radius 3 is 2.48 bits per heavy atom. The van der Waals surface area contributed by atoms with Crippen LogP contribution < -0.4 is 5.32 Å². The first-order valence-corrected chi connectivity index (χ1v) is 8.27. The molecule has 1 amide bonds. The highest BCUT2D eigenvalue weighted by Gasteiger charge is 2.36. The third kappa shape index (κ3) is 3.76. The van der Waals surface area contributed by atoms with Crippen LogP contribution in [0.2, 0.25) is 0 Å². The number of carbonyl (C=O) groups is 1. The summed E-state index contributed by atoms with van der Waals surface area (Å²) in [6, 6.07) is 0.841. The number of piperidine rings is 1. The van der Waals surface area contributed by atoms with Crippen LogP contribution in [0.4, 0.5) is 0 Å². The van der Waals surface area contributed by atoms with Gasteiger partial charge in [0, 0.05) is 18.6 Å². The topological polar surface area (TPSA) is 72.8 Å². The van der Waals surface area contributed by atoms with Crippen molar-refractivity contribution in [1.29, 1.82) is 0 Å². The zero-order valence-corrected chi connectivity index (χ0v) is 13.3. The molecule has 1 heterocycles. The van der Waals surface area contributed by atoms with Crippen molar-refractivity contribution in [2.24, 2.45) is 11.3 Å². The van der Waals surface area contributed by atoms with Crippen LogP contribution in [0.5, 0.6) is 0 Å². The smallest absolute Gasteiger partial charge is 0.230 e. The molecule has 0 aromatic heterocycles. The summed E-state index contributed by atoms with van der Waals surface area (Å²) >= 11 is 0. The third-order valence-electron chi connectivity index (χ3n) is 5.39. The Morgan fingerprint density at radius 2 is 1.95 bits per heavy atom. The molecule has 5 heteroatoms. The molecule has 0 spiro atoms. The maximum absolute atomic E-state index is 12.2. The van der Waals surface area contributed by atoms with Crippen LogP contribution in [-0.2, 0) is 4.79 Å². The number of hydrogen-bond donors (Lipinski definition) is 3. The maximum Gasteiger partial charge on any atom is 0.230 e. The molecule has 2 fully saturated rings. The van der Waals surface area contributed by atoms with Gasteiger partial charge in [-0.25, -0.2) is 0 Å². The molecule has 0 aromatic rings. The van der Waals surface area contributed by atoms with Crippen molar-refractivity contribution in [3.05, 3.63) is 0 Å². The van der Waals surface area contributed by atoms with E-state index >= 15 is 0 Å². The van der Waals surface area contributed by atoms with Crippen LogP contribution in [0.15, 0.2) is 0 Å². The quantitative estimate of drug-likeness (QED) is 0.676. The van der Waals surface area contributed by atoms with Crippen LogP contribution in [-0.4, -0.2) is 59.4 Å². The molecule has 0 radical (unpaired) electrons. The molecule has 2 rings (SSSR count). The molecule has 1 saturated carbocycles. The second-order valence-electron chi connectivity index (χ2n) is 7.12. The minimum Gasteiger partial charge on any atom is -0.395 e. The van der Waals surface area contributed by atoms with Crippen molar-refractivity contribution in [3.8, 4) is 0 Å². The summed E-state index contributed by atoms with van der Waals surface area (Å²) in [6.45, 7) is 5.22. The highest BCUT2D eigenvalue weighted by atomic mass is 16.3. The second-order valence-corrected chi connectivity index (χ2v) is 7.12. The maximum atomic E-state index is 12.2. The molecular formula is C16H30N2O3. The Kier molecular flexibility index (Phi) is 5.63. The summed E-state index contributed by atoms with van der Waals surface area (Å²) in [5.74, 6) is 0.214. The average Bonchev–Trinajstić information content (AvgIpc) is 2.44. The first-order chi connectivity index (χ1) is 10.00. The fourth-order valence-corrected chi connectivity index (χ4v) is 3.22. The van der Waals surface area contributed by atoms with Crippen LogP contribution in [0.3, 0.4) is 0 Å². The third-order valence-corrected chi connectivity index (χ3v) is 5.39. The van der Waals surface area contributed by atoms with Gasteiger partial charge in [0.1, 0.15) is 0 Å². The van der Waals surface area contributed by atoms with E-state index in [1.54, 1.807) is 6.92 Å². The van der Waals surface area contributed by atoms with E-state index < -0.39 is 5.41 Å². The Hall–Kier alpha value is -0.650. The van der Waals surface area contributed by atoms with Gasteiger partial charge < -0.3 is 20.4 Å². The first kappa shape index (κ1) is 16.7. The van der Waals surface area contributed by atoms with Gasteiger partial charge in [0.05, 0.1) is 18.6 Å². The molecule has 5 nitrogen and oxygen atoms in total. The van der Waals surface area contributed by atoms with Gasteiger partial charge in [-0.05, 0) is 52.0 Å². The predicted molar refractivity (Wildman–Crippen MR) is 81.8 cm³/mol. The van der Waals surface area contributed by atoms with Crippen LogP contribution >= 0.6 is 0 Å². The van der Waals surface area contributed by atoms with E-state index in [2.05, 4.69) is 10.2 Å². The lowest BCUT2D eigenvalue weighted by Crippen LogP contribution is -2.53. The Morgan fingerprint density at radius 1 is 1.29 bits per heavy atom. The molecule has 122 valence electrons. The molecule has 2 unspecified atom stereocenters. The molecule has 3 N–H and O–H groups in total. The summed E-state index contributed by atoms with van der Waals surface area (Å²) in [5, 5.41) is 21.6. The number of carbonyl (C=O) groups excluding carboxylic acids is 1. The van der Waals surface area contributed by atoms with E-state index in [4.69, 9.17) is 0 Å². The number of hydrogen-bond acceptors (Lipinski definition) is 4. The van der Waals surface area contributed by atoms with E-state index in [0.717, 1.165) is 19.0 Å². The average molecular weight is 298 g/mol. The largest absolute Gasteiger partial charge is 0.395 e. The zero-order valence-electron chi connectivity index (χ0n) is 13.3. The van der Waals surface area contributed by atoms with Crippen molar-refractivity contribution >= 4 is 5.91 Å². The number of amides is 1. The standard InChI is InChI=1S/C16H30N2O3/c1-12(17-15(21)16(2,10-19)11-20)13-5-4-8-18(9-13)14-6-3-7-14/h12-14,19-20H,3-11H2,1-2H3,(H,17,21). The van der Waals surface area contributed by atoms with Crippen LogP contribution in [0.25, 0.3) is 0 Å². The molecule has 1 aliphatic heterocycles. The van der Waals surface area contributed by atoms with Crippen molar-refractivity contribution in [1.82, 2.24) is 10.2 Å². The summed E-state index contributed by atoms with van der Waals surface area (Å²) < 4.78 is 0. The lowest BCUT2D eigenvalue weighted by molar-refractivity contribution is -0.136. The van der Waals surface area contributed by atoms with Crippen molar-refractivity contribution in [3.63, 3.8) is 0 Å². The SMILES string of the molecule is CC(NC(=O)C(C)(CO)CO)C1CCCN(C2CCC2)C1. The van der Waals surface area contributed by atoms with E-state index in [0.29, 0.717) is 5.92 Å². The lowest BCUT2D eigenvalue weighted by atomic mass is 9.85. The molecule has 0 bridgehead atoms. The summed E-state index contributed by atoms with van der Waals surface area (Å²) in [4.78, 5) is 14.8. The van der Waals surface area contributed by atoms with Gasteiger partial charge in [-0.2, -0.15) is 0 Å². The molecular weight excluding hydrogens is 268 g/mol. The summed E-state index contributed by atoms with van der Waals surface area (Å²) in [5.41, 5.74) is -1.09. The Balaban J connectivity index is 1.87. The van der Waals surface area contributed by atoms with Crippen LogP contribution in [0, 0.1) is 11.3 Å². The lowest BCUT2D eigenvalue weighted by Gasteiger charge is -2.44. The Bertz CT molecular complexity index is 353. The van der Waals surface area contributed by atoms with E-state index in [1.807, 2.05) is 6.92 Å². The minimum absolute atomic E-state index is 0.0813. The van der Waals surface area contributed by atoms with E-state index in [-0.39, 0.29) is 25.2 Å². The molecule has 1 saturated heterocycles. The van der Waals surface area contributed by atoms with E-state index in [9.17, 15) is 15.0 Å². The summed E-state index contributed by atoms with van der Waals surface area (Å²) in [7, 11) is 0. The highest BCUT2D eigenvalue weighted by Crippen LogP contribution is 2.30. The second kappa shape index (κ2) is 7.07. The fraction of sp³-hybridized carbons (Fsp3) is 0.938. The van der Waals surface area contributed by atoms with Gasteiger partial charge in [-0.15, -0.1) is 0 Å². The number of likely N-dealkylation sites (tertiary alicyclic amines) is 1. The molecule has 2 aliphatic rings. The normalized spacial score (nSPS) is 26.2. The highest BCUT2D eigenvalue weighted by molar-refractivity contribution is 5.82. The number of nitrogens with one attached hydrogen (secondary N) is 1. The van der Waals surface area contributed by atoms with Crippen LogP contribution in [0.1, 0.15) is 46.0 Å². The minimum atomic E-state index is -1.09. The van der Waals surface area contributed by atoms with Gasteiger partial charge >= 0.3 is 0 Å². The molecule has 0 aromatic carbocycles. The first-order valence-electron chi connectivity index (χ1n) is 8.27. The fourth-order valence-electron chi connectivity index (χ4n) is 3.22. The Labute approximate surface area is 127 Å². The van der Waals surface area contributed by atoms with Gasteiger partial charge in [0.15, 0.2) is 0 Å². The van der Waals surface area contributed by atoms with Crippen molar-refractivity contribution < 1.29 is 15.0 Å². The summed E-state index contributed by atoms with van der Waals surface area (Å²) in [6.07, 6.45) is 6.32. The van der Waals surface area contributed by atoms with Crippen molar-refractivity contribution in [2.75, 3.05) is 26.3 Å². The number of aliphatic hydroxyl groups excluding tert-OH is 2. The van der Waals surface area contributed by atoms with E-state index in [1.165, 1.54) is 32.2 Å². The van der Waals surface area contributed by atoms with Crippen molar-refractivity contribution in [2.45, 2.75) is 58.0 Å². The van der Waals surface area contributed by atoms with Gasteiger partial charge in [-0.3, -0.25) is 4.79 Å². The molecule has 2 atom stereocenters. The van der Waals surface area contributed by atoms with Gasteiger partial charge in [-0.1, -0.05) is 6.42 Å². The number of rotatable bonds is 6. The zero-order chi connectivity index (χ0) is 15.5. The number of nitrogens with zero attached hydrogens (tertiary/aromatic N) is 1. The molecule has 21 heavy (non-hydrogen) atoms. The van der Waals surface area contributed by atoms with Gasteiger partial charge in [0.25, 0.3) is 0 Å². The van der Waals surface area contributed by atoms with Gasteiger partial charge in [0.2, 0.25) is 5.91 Å². The predicted octanol–water partition coefficient (Wildman–Crippen LogP) is 0.746.